The van der Waals surface area contributed by atoms with Gasteiger partial charge in [-0.3, -0.25) is 0 Å². The maximum absolute atomic E-state index is 9.57. The quantitative estimate of drug-likeness (QED) is 0.730. The van der Waals surface area contributed by atoms with E-state index in [4.69, 9.17) is 4.74 Å². The molecule has 0 aromatic rings. The zero-order valence-electron chi connectivity index (χ0n) is 10.9. The van der Waals surface area contributed by atoms with Gasteiger partial charge >= 0.3 is 0 Å². The molecule has 0 aromatic heterocycles. The van der Waals surface area contributed by atoms with Gasteiger partial charge in [0, 0.05) is 19.7 Å². The average molecular weight is 229 g/mol. The first-order valence-corrected chi connectivity index (χ1v) is 6.53. The Hall–Kier alpha value is -0.120. The van der Waals surface area contributed by atoms with E-state index in [2.05, 4.69) is 19.2 Å². The van der Waals surface area contributed by atoms with Crippen molar-refractivity contribution < 1.29 is 9.84 Å². The Kier molecular flexibility index (Phi) is 6.32. The van der Waals surface area contributed by atoms with Crippen molar-refractivity contribution in [2.45, 2.75) is 51.7 Å². The van der Waals surface area contributed by atoms with Gasteiger partial charge in [-0.15, -0.1) is 0 Å². The minimum absolute atomic E-state index is 0.371. The predicted octanol–water partition coefficient (Wildman–Crippen LogP) is 1.80. The lowest BCUT2D eigenvalue weighted by Crippen LogP contribution is -2.40. The summed E-state index contributed by atoms with van der Waals surface area (Å²) in [5.41, 5.74) is 0. The van der Waals surface area contributed by atoms with Crippen molar-refractivity contribution in [3.8, 4) is 0 Å². The van der Waals surface area contributed by atoms with Crippen LogP contribution in [-0.2, 0) is 4.74 Å². The van der Waals surface area contributed by atoms with Gasteiger partial charge in [-0.1, -0.05) is 26.7 Å². The van der Waals surface area contributed by atoms with Crippen LogP contribution in [0.2, 0.25) is 0 Å². The molecule has 1 aliphatic rings. The summed E-state index contributed by atoms with van der Waals surface area (Å²) in [4.78, 5) is 0. The molecule has 3 nitrogen and oxygen atoms in total. The van der Waals surface area contributed by atoms with Crippen LogP contribution in [0.15, 0.2) is 0 Å². The number of aliphatic hydroxyl groups excluding tert-OH is 1. The molecule has 0 amide bonds. The monoisotopic (exact) mass is 229 g/mol. The first-order chi connectivity index (χ1) is 7.63. The number of nitrogens with one attached hydrogen (secondary N) is 1. The second-order valence-corrected chi connectivity index (χ2v) is 5.39. The lowest BCUT2D eigenvalue weighted by atomic mass is 9.79. The summed E-state index contributed by atoms with van der Waals surface area (Å²) in [6.45, 7) is 5.70. The van der Waals surface area contributed by atoms with Crippen molar-refractivity contribution in [3.63, 3.8) is 0 Å². The van der Waals surface area contributed by atoms with Crippen molar-refractivity contribution in [2.24, 2.45) is 11.8 Å². The summed E-state index contributed by atoms with van der Waals surface area (Å²) in [5.74, 6) is 1.64. The Bertz CT molecular complexity index is 185. The number of hydrogen-bond acceptors (Lipinski definition) is 3. The van der Waals surface area contributed by atoms with Crippen LogP contribution in [-0.4, -0.2) is 37.5 Å². The van der Waals surface area contributed by atoms with E-state index < -0.39 is 0 Å². The summed E-state index contributed by atoms with van der Waals surface area (Å²) >= 11 is 0. The molecule has 96 valence electrons. The molecule has 1 rings (SSSR count). The highest BCUT2D eigenvalue weighted by molar-refractivity contribution is 4.80. The Morgan fingerprint density at radius 2 is 2.12 bits per heavy atom. The van der Waals surface area contributed by atoms with Crippen LogP contribution in [0.3, 0.4) is 0 Å². The molecule has 0 bridgehead atoms. The van der Waals surface area contributed by atoms with Gasteiger partial charge in [0.25, 0.3) is 0 Å². The van der Waals surface area contributed by atoms with Crippen molar-refractivity contribution in [1.29, 1.82) is 0 Å². The van der Waals surface area contributed by atoms with E-state index in [1.807, 2.05) is 0 Å². The molecular weight excluding hydrogens is 202 g/mol. The highest BCUT2D eigenvalue weighted by Crippen LogP contribution is 2.29. The van der Waals surface area contributed by atoms with Gasteiger partial charge in [-0.2, -0.15) is 0 Å². The summed E-state index contributed by atoms with van der Waals surface area (Å²) in [6, 6.07) is 0.590. The molecule has 0 saturated heterocycles. The van der Waals surface area contributed by atoms with Crippen molar-refractivity contribution >= 4 is 0 Å². The number of hydrogen-bond donors (Lipinski definition) is 2. The van der Waals surface area contributed by atoms with Crippen LogP contribution >= 0.6 is 0 Å². The fourth-order valence-electron chi connectivity index (χ4n) is 2.57. The standard InChI is InChI=1S/C13H27NO2/c1-10(2)11-5-4-6-12(7-11)14-8-13(15)9-16-3/h10-15H,4-9H2,1-3H3. The molecule has 3 heteroatoms. The number of ether oxygens (including phenoxy) is 1. The highest BCUT2D eigenvalue weighted by Gasteiger charge is 2.24. The van der Waals surface area contributed by atoms with E-state index in [0.29, 0.717) is 19.2 Å². The summed E-state index contributed by atoms with van der Waals surface area (Å²) < 4.78 is 4.91. The highest BCUT2D eigenvalue weighted by atomic mass is 16.5. The van der Waals surface area contributed by atoms with Crippen molar-refractivity contribution in [3.05, 3.63) is 0 Å². The normalized spacial score (nSPS) is 28.3. The van der Waals surface area contributed by atoms with Crippen LogP contribution in [0.5, 0.6) is 0 Å². The third-order valence-electron chi connectivity index (χ3n) is 3.66. The lowest BCUT2D eigenvalue weighted by molar-refractivity contribution is 0.0604. The maximum atomic E-state index is 9.57. The van der Waals surface area contributed by atoms with Crippen LogP contribution in [0.4, 0.5) is 0 Å². The first kappa shape index (κ1) is 13.9. The van der Waals surface area contributed by atoms with E-state index in [1.54, 1.807) is 7.11 Å². The molecule has 0 aromatic carbocycles. The van der Waals surface area contributed by atoms with Gasteiger partial charge in [0.15, 0.2) is 0 Å². The van der Waals surface area contributed by atoms with Gasteiger partial charge in [-0.05, 0) is 24.7 Å². The largest absolute Gasteiger partial charge is 0.389 e. The molecule has 1 aliphatic carbocycles. The summed E-state index contributed by atoms with van der Waals surface area (Å²) in [7, 11) is 1.62. The van der Waals surface area contributed by atoms with Crippen LogP contribution in [0, 0.1) is 11.8 Å². The van der Waals surface area contributed by atoms with Crippen molar-refractivity contribution in [1.82, 2.24) is 5.32 Å². The molecule has 0 spiro atoms. The van der Waals surface area contributed by atoms with E-state index >= 15 is 0 Å². The third kappa shape index (κ3) is 4.81. The van der Waals surface area contributed by atoms with Crippen molar-refractivity contribution in [2.75, 3.05) is 20.3 Å². The second-order valence-electron chi connectivity index (χ2n) is 5.39. The molecule has 1 saturated carbocycles. The van der Waals surface area contributed by atoms with Crippen LogP contribution in [0.1, 0.15) is 39.5 Å². The smallest absolute Gasteiger partial charge is 0.0897 e. The minimum atomic E-state index is -0.371. The molecule has 16 heavy (non-hydrogen) atoms. The minimum Gasteiger partial charge on any atom is -0.389 e. The topological polar surface area (TPSA) is 41.5 Å². The third-order valence-corrected chi connectivity index (χ3v) is 3.66. The van der Waals surface area contributed by atoms with E-state index in [-0.39, 0.29) is 6.10 Å². The Balaban J connectivity index is 2.21. The second kappa shape index (κ2) is 7.25. The van der Waals surface area contributed by atoms with Crippen LogP contribution < -0.4 is 5.32 Å². The fourth-order valence-corrected chi connectivity index (χ4v) is 2.57. The van der Waals surface area contributed by atoms with Gasteiger partial charge in [-0.25, -0.2) is 0 Å². The average Bonchev–Trinajstić information content (AvgIpc) is 2.27. The zero-order chi connectivity index (χ0) is 12.0. The number of rotatable bonds is 6. The molecule has 3 atom stereocenters. The fraction of sp³-hybridized carbons (Fsp3) is 1.00. The number of aliphatic hydroxyl groups is 1. The van der Waals surface area contributed by atoms with Gasteiger partial charge in [0.2, 0.25) is 0 Å². The van der Waals surface area contributed by atoms with E-state index in [1.165, 1.54) is 25.7 Å². The molecule has 1 fully saturated rings. The van der Waals surface area contributed by atoms with Gasteiger partial charge < -0.3 is 15.2 Å². The Morgan fingerprint density at radius 1 is 1.38 bits per heavy atom. The molecular formula is C13H27NO2. The molecule has 0 radical (unpaired) electrons. The van der Waals surface area contributed by atoms with Gasteiger partial charge in [0.05, 0.1) is 12.7 Å². The Morgan fingerprint density at radius 3 is 2.75 bits per heavy atom. The van der Waals surface area contributed by atoms with E-state index in [0.717, 1.165) is 11.8 Å². The first-order valence-electron chi connectivity index (χ1n) is 6.53. The SMILES string of the molecule is COCC(O)CNC1CCCC(C(C)C)C1. The number of methoxy groups -OCH3 is 1. The van der Waals surface area contributed by atoms with Crippen LogP contribution in [0.25, 0.3) is 0 Å². The molecule has 2 N–H and O–H groups in total. The molecule has 3 unspecified atom stereocenters. The van der Waals surface area contributed by atoms with Gasteiger partial charge in [0.1, 0.15) is 0 Å². The predicted molar refractivity (Wildman–Crippen MR) is 66.5 cm³/mol. The lowest BCUT2D eigenvalue weighted by Gasteiger charge is -2.32. The Labute approximate surface area is 99.6 Å². The zero-order valence-corrected chi connectivity index (χ0v) is 10.9. The summed E-state index contributed by atoms with van der Waals surface area (Å²) in [5, 5.41) is 13.0. The molecule has 0 aliphatic heterocycles. The summed E-state index contributed by atoms with van der Waals surface area (Å²) in [6.07, 6.45) is 4.84. The van der Waals surface area contributed by atoms with E-state index in [9.17, 15) is 5.11 Å². The maximum Gasteiger partial charge on any atom is 0.0897 e. The molecule has 0 heterocycles.